The number of likely N-dealkylation sites (tertiary alicyclic amines) is 1. The maximum Gasteiger partial charge on any atom is 0.313 e. The number of anilines is 1. The van der Waals surface area contributed by atoms with E-state index >= 15 is 0 Å². The number of aliphatic hydroxyl groups is 1. The number of nitrogens with zero attached hydrogens (tertiary/aromatic N) is 1. The van der Waals surface area contributed by atoms with Gasteiger partial charge in [-0.3, -0.25) is 9.59 Å². The molecule has 0 aliphatic carbocycles. The molecule has 5 nitrogen and oxygen atoms in total. The van der Waals surface area contributed by atoms with Crippen molar-refractivity contribution >= 4 is 29.1 Å². The summed E-state index contributed by atoms with van der Waals surface area (Å²) in [7, 11) is 0. The number of hydrogen-bond donors (Lipinski definition) is 2. The van der Waals surface area contributed by atoms with Crippen molar-refractivity contribution in [2.24, 2.45) is 0 Å². The summed E-state index contributed by atoms with van der Waals surface area (Å²) in [5, 5.41) is 13.0. The number of aliphatic hydroxyl groups excluding tert-OH is 1. The van der Waals surface area contributed by atoms with Gasteiger partial charge >= 0.3 is 11.8 Å². The normalized spacial score (nSPS) is 17.9. The molecule has 6 heteroatoms. The molecule has 1 heterocycles. The molecular formula is C17H23ClN2O3. The number of benzene rings is 1. The van der Waals surface area contributed by atoms with Crippen molar-refractivity contribution < 1.29 is 14.7 Å². The van der Waals surface area contributed by atoms with Gasteiger partial charge in [0, 0.05) is 23.8 Å². The van der Waals surface area contributed by atoms with Gasteiger partial charge in [0.25, 0.3) is 0 Å². The molecule has 1 aliphatic heterocycles. The molecule has 1 aromatic rings. The van der Waals surface area contributed by atoms with Gasteiger partial charge in [-0.25, -0.2) is 0 Å². The SMILES string of the molecule is CCc1ccc(Cl)c(CC)c1NC(=O)C(=O)N1CCC[C@H](O)C1. The molecule has 1 saturated heterocycles. The minimum absolute atomic E-state index is 0.211. The second-order valence-electron chi connectivity index (χ2n) is 5.77. The molecule has 2 N–H and O–H groups in total. The van der Waals surface area contributed by atoms with Crippen LogP contribution in [0.3, 0.4) is 0 Å². The molecule has 0 unspecified atom stereocenters. The Morgan fingerprint density at radius 2 is 2.09 bits per heavy atom. The number of amides is 2. The van der Waals surface area contributed by atoms with Gasteiger partial charge in [-0.15, -0.1) is 0 Å². The van der Waals surface area contributed by atoms with E-state index in [9.17, 15) is 14.7 Å². The number of halogens is 1. The van der Waals surface area contributed by atoms with Crippen molar-refractivity contribution in [1.82, 2.24) is 4.90 Å². The van der Waals surface area contributed by atoms with E-state index in [4.69, 9.17) is 11.6 Å². The first-order chi connectivity index (χ1) is 11.0. The monoisotopic (exact) mass is 338 g/mol. The van der Waals surface area contributed by atoms with E-state index < -0.39 is 17.9 Å². The Morgan fingerprint density at radius 3 is 2.70 bits per heavy atom. The average Bonchev–Trinajstić information content (AvgIpc) is 2.54. The molecule has 1 atom stereocenters. The van der Waals surface area contributed by atoms with Gasteiger partial charge in [0.05, 0.1) is 6.10 Å². The number of carbonyl (C=O) groups is 2. The topological polar surface area (TPSA) is 69.6 Å². The Balaban J connectivity index is 2.19. The van der Waals surface area contributed by atoms with Crippen LogP contribution in [0.25, 0.3) is 0 Å². The predicted octanol–water partition coefficient (Wildman–Crippen LogP) is 2.39. The van der Waals surface area contributed by atoms with Crippen molar-refractivity contribution in [2.75, 3.05) is 18.4 Å². The van der Waals surface area contributed by atoms with Crippen LogP contribution < -0.4 is 5.32 Å². The Hall–Kier alpha value is -1.59. The summed E-state index contributed by atoms with van der Waals surface area (Å²) in [5.41, 5.74) is 2.43. The summed E-state index contributed by atoms with van der Waals surface area (Å²) >= 11 is 6.21. The molecule has 0 spiro atoms. The van der Waals surface area contributed by atoms with E-state index in [1.807, 2.05) is 26.0 Å². The molecule has 126 valence electrons. The highest BCUT2D eigenvalue weighted by molar-refractivity contribution is 6.40. The molecule has 1 aliphatic rings. The number of piperidine rings is 1. The molecule has 0 bridgehead atoms. The van der Waals surface area contributed by atoms with E-state index in [1.54, 1.807) is 0 Å². The Bertz CT molecular complexity index is 604. The lowest BCUT2D eigenvalue weighted by Gasteiger charge is -2.29. The standard InChI is InChI=1S/C17H23ClN2O3/c1-3-11-7-8-14(18)13(4-2)15(11)19-16(22)17(23)20-9-5-6-12(21)10-20/h7-8,12,21H,3-6,9-10H2,1-2H3,(H,19,22)/t12-/m0/s1. The second-order valence-corrected chi connectivity index (χ2v) is 6.18. The van der Waals surface area contributed by atoms with Gasteiger partial charge in [0.2, 0.25) is 0 Å². The van der Waals surface area contributed by atoms with E-state index in [2.05, 4.69) is 5.32 Å². The fourth-order valence-corrected chi connectivity index (χ4v) is 3.21. The molecule has 0 saturated carbocycles. The van der Waals surface area contributed by atoms with Crippen LogP contribution in [-0.4, -0.2) is 41.0 Å². The first kappa shape index (κ1) is 17.8. The quantitative estimate of drug-likeness (QED) is 0.831. The lowest BCUT2D eigenvalue weighted by Crippen LogP contribution is -2.46. The summed E-state index contributed by atoms with van der Waals surface area (Å²) in [6.07, 6.45) is 2.22. The molecule has 2 rings (SSSR count). The highest BCUT2D eigenvalue weighted by Crippen LogP contribution is 2.29. The number of rotatable bonds is 3. The molecule has 1 aromatic carbocycles. The largest absolute Gasteiger partial charge is 0.391 e. The van der Waals surface area contributed by atoms with Gasteiger partial charge < -0.3 is 15.3 Å². The Labute approximate surface area is 141 Å². The van der Waals surface area contributed by atoms with Crippen LogP contribution >= 0.6 is 11.6 Å². The fourth-order valence-electron chi connectivity index (χ4n) is 2.92. The summed E-state index contributed by atoms with van der Waals surface area (Å²) in [4.78, 5) is 26.0. The van der Waals surface area contributed by atoms with E-state index in [0.717, 1.165) is 17.5 Å². The van der Waals surface area contributed by atoms with Crippen molar-refractivity contribution in [1.29, 1.82) is 0 Å². The zero-order valence-electron chi connectivity index (χ0n) is 13.6. The van der Waals surface area contributed by atoms with Crippen LogP contribution in [0.5, 0.6) is 0 Å². The van der Waals surface area contributed by atoms with Crippen molar-refractivity contribution in [3.63, 3.8) is 0 Å². The highest BCUT2D eigenvalue weighted by atomic mass is 35.5. The molecular weight excluding hydrogens is 316 g/mol. The lowest BCUT2D eigenvalue weighted by atomic mass is 10.0. The van der Waals surface area contributed by atoms with E-state index in [-0.39, 0.29) is 6.54 Å². The molecule has 0 radical (unpaired) electrons. The first-order valence-electron chi connectivity index (χ1n) is 8.06. The minimum atomic E-state index is -0.675. The third-order valence-corrected chi connectivity index (χ3v) is 4.55. The van der Waals surface area contributed by atoms with Crippen molar-refractivity contribution in [3.8, 4) is 0 Å². The number of carbonyl (C=O) groups excluding carboxylic acids is 2. The highest BCUT2D eigenvalue weighted by Gasteiger charge is 2.27. The first-order valence-corrected chi connectivity index (χ1v) is 8.44. The number of nitrogens with one attached hydrogen (secondary N) is 1. The zero-order chi connectivity index (χ0) is 17.0. The summed E-state index contributed by atoms with van der Waals surface area (Å²) in [6, 6.07) is 3.68. The predicted molar refractivity (Wildman–Crippen MR) is 90.7 cm³/mol. The van der Waals surface area contributed by atoms with Crippen LogP contribution in [0.2, 0.25) is 5.02 Å². The van der Waals surface area contributed by atoms with Crippen molar-refractivity contribution in [2.45, 2.75) is 45.6 Å². The van der Waals surface area contributed by atoms with Gasteiger partial charge in [-0.1, -0.05) is 31.5 Å². The van der Waals surface area contributed by atoms with Crippen LogP contribution in [0.4, 0.5) is 5.69 Å². The van der Waals surface area contributed by atoms with E-state index in [0.29, 0.717) is 36.5 Å². The molecule has 1 fully saturated rings. The molecule has 2 amide bonds. The van der Waals surface area contributed by atoms with Crippen LogP contribution in [-0.2, 0) is 22.4 Å². The number of hydrogen-bond acceptors (Lipinski definition) is 3. The van der Waals surface area contributed by atoms with Gasteiger partial charge in [-0.2, -0.15) is 0 Å². The Morgan fingerprint density at radius 1 is 1.35 bits per heavy atom. The maximum absolute atomic E-state index is 12.3. The summed E-state index contributed by atoms with van der Waals surface area (Å²) < 4.78 is 0. The summed E-state index contributed by atoms with van der Waals surface area (Å²) in [6.45, 7) is 4.66. The van der Waals surface area contributed by atoms with Crippen LogP contribution in [0, 0.1) is 0 Å². The molecule has 23 heavy (non-hydrogen) atoms. The Kier molecular flexibility index (Phi) is 6.02. The number of β-amino-alcohol motifs (C(OH)–C–C–N with tert-alkyl or cyclic N) is 1. The maximum atomic E-state index is 12.3. The lowest BCUT2D eigenvalue weighted by molar-refractivity contribution is -0.145. The summed E-state index contributed by atoms with van der Waals surface area (Å²) in [5.74, 6) is -1.28. The van der Waals surface area contributed by atoms with E-state index in [1.165, 1.54) is 4.90 Å². The fraction of sp³-hybridized carbons (Fsp3) is 0.529. The smallest absolute Gasteiger partial charge is 0.313 e. The van der Waals surface area contributed by atoms with Crippen molar-refractivity contribution in [3.05, 3.63) is 28.3 Å². The minimum Gasteiger partial charge on any atom is -0.391 e. The second kappa shape index (κ2) is 7.79. The average molecular weight is 339 g/mol. The van der Waals surface area contributed by atoms with Gasteiger partial charge in [0.1, 0.15) is 0 Å². The third kappa shape index (κ3) is 4.03. The van der Waals surface area contributed by atoms with Crippen LogP contribution in [0.15, 0.2) is 12.1 Å². The molecule has 0 aromatic heterocycles. The van der Waals surface area contributed by atoms with Crippen LogP contribution in [0.1, 0.15) is 37.8 Å². The zero-order valence-corrected chi connectivity index (χ0v) is 14.3. The van der Waals surface area contributed by atoms with Gasteiger partial charge in [0.15, 0.2) is 0 Å². The third-order valence-electron chi connectivity index (χ3n) is 4.19. The van der Waals surface area contributed by atoms with Gasteiger partial charge in [-0.05, 0) is 42.9 Å². The number of aryl methyl sites for hydroxylation is 1.